The van der Waals surface area contributed by atoms with E-state index >= 15 is 0 Å². The van der Waals surface area contributed by atoms with Crippen LogP contribution < -0.4 is 0 Å². The molecule has 0 aliphatic carbocycles. The number of benzene rings is 1. The van der Waals surface area contributed by atoms with Gasteiger partial charge in [0.05, 0.1) is 6.10 Å². The van der Waals surface area contributed by atoms with Crippen LogP contribution in [0.15, 0.2) is 23.1 Å². The Morgan fingerprint density at radius 1 is 1.42 bits per heavy atom. The van der Waals surface area contributed by atoms with Gasteiger partial charge in [-0.3, -0.25) is 0 Å². The average Bonchev–Trinajstić information content (AvgIpc) is 2.35. The van der Waals surface area contributed by atoms with E-state index in [4.69, 9.17) is 0 Å². The second-order valence-corrected chi connectivity index (χ2v) is 7.04. The Balaban J connectivity index is 2.35. The van der Waals surface area contributed by atoms with Crippen molar-refractivity contribution in [2.24, 2.45) is 5.92 Å². The fraction of sp³-hybridized carbons (Fsp3) is 0.538. The molecule has 1 fully saturated rings. The van der Waals surface area contributed by atoms with E-state index in [1.807, 2.05) is 6.92 Å². The smallest absolute Gasteiger partial charge is 0.246 e. The zero-order valence-corrected chi connectivity index (χ0v) is 11.8. The number of sulfonamides is 1. The molecule has 6 heteroatoms. The van der Waals surface area contributed by atoms with E-state index < -0.39 is 21.9 Å². The first-order chi connectivity index (χ1) is 8.82. The number of nitrogens with zero attached hydrogens (tertiary/aromatic N) is 1. The molecule has 1 aromatic rings. The van der Waals surface area contributed by atoms with Gasteiger partial charge in [-0.25, -0.2) is 12.8 Å². The van der Waals surface area contributed by atoms with Crippen LogP contribution >= 0.6 is 0 Å². The van der Waals surface area contributed by atoms with E-state index in [0.717, 1.165) is 10.4 Å². The van der Waals surface area contributed by atoms with Crippen LogP contribution in [-0.4, -0.2) is 37.0 Å². The van der Waals surface area contributed by atoms with E-state index in [2.05, 4.69) is 0 Å². The molecule has 0 saturated carbocycles. The first-order valence-corrected chi connectivity index (χ1v) is 7.70. The third-order valence-electron chi connectivity index (χ3n) is 3.59. The standard InChI is InChI=1S/C13H18FNO3S/c1-9-3-4-11(14)13(7-9)19(17,18)15-6-5-10(2)12(16)8-15/h3-4,7,10,12,16H,5-6,8H2,1-2H3. The second kappa shape index (κ2) is 5.19. The van der Waals surface area contributed by atoms with Crippen LogP contribution in [0.4, 0.5) is 4.39 Å². The predicted octanol–water partition coefficient (Wildman–Crippen LogP) is 1.53. The lowest BCUT2D eigenvalue weighted by molar-refractivity contribution is 0.0604. The number of aliphatic hydroxyl groups is 1. The molecule has 19 heavy (non-hydrogen) atoms. The van der Waals surface area contributed by atoms with Crippen molar-refractivity contribution in [3.63, 3.8) is 0 Å². The Morgan fingerprint density at radius 3 is 2.74 bits per heavy atom. The van der Waals surface area contributed by atoms with Crippen LogP contribution in [0.1, 0.15) is 18.9 Å². The summed E-state index contributed by atoms with van der Waals surface area (Å²) in [4.78, 5) is -0.311. The fourth-order valence-electron chi connectivity index (χ4n) is 2.19. The molecule has 106 valence electrons. The van der Waals surface area contributed by atoms with Crippen molar-refractivity contribution in [1.82, 2.24) is 4.31 Å². The summed E-state index contributed by atoms with van der Waals surface area (Å²) >= 11 is 0. The molecule has 0 amide bonds. The zero-order valence-electron chi connectivity index (χ0n) is 11.0. The van der Waals surface area contributed by atoms with Crippen molar-refractivity contribution in [3.05, 3.63) is 29.6 Å². The first-order valence-electron chi connectivity index (χ1n) is 6.26. The Morgan fingerprint density at radius 2 is 2.11 bits per heavy atom. The molecule has 1 heterocycles. The van der Waals surface area contributed by atoms with Crippen LogP contribution in [0.5, 0.6) is 0 Å². The molecule has 1 aliphatic heterocycles. The summed E-state index contributed by atoms with van der Waals surface area (Å²) in [5.74, 6) is -0.687. The zero-order chi connectivity index (χ0) is 14.2. The molecule has 1 N–H and O–H groups in total. The summed E-state index contributed by atoms with van der Waals surface area (Å²) < 4.78 is 39.7. The summed E-state index contributed by atoms with van der Waals surface area (Å²) in [5.41, 5.74) is 0.686. The first kappa shape index (κ1) is 14.4. The maximum Gasteiger partial charge on any atom is 0.246 e. The monoisotopic (exact) mass is 287 g/mol. The Kier molecular flexibility index (Phi) is 3.94. The maximum atomic E-state index is 13.7. The highest BCUT2D eigenvalue weighted by atomic mass is 32.2. The number of β-amino-alcohol motifs (C(OH)–C–C–N with tert-alkyl or cyclic N) is 1. The second-order valence-electron chi connectivity index (χ2n) is 5.13. The molecule has 2 rings (SSSR count). The fourth-order valence-corrected chi connectivity index (χ4v) is 3.81. The summed E-state index contributed by atoms with van der Waals surface area (Å²) in [6, 6.07) is 4.02. The van der Waals surface area contributed by atoms with Gasteiger partial charge in [0.25, 0.3) is 0 Å². The van der Waals surface area contributed by atoms with E-state index in [1.54, 1.807) is 6.92 Å². The van der Waals surface area contributed by atoms with Gasteiger partial charge in [0.1, 0.15) is 10.7 Å². The predicted molar refractivity (Wildman–Crippen MR) is 69.7 cm³/mol. The summed E-state index contributed by atoms with van der Waals surface area (Å²) in [7, 11) is -3.87. The third-order valence-corrected chi connectivity index (χ3v) is 5.47. The molecule has 1 aromatic carbocycles. The molecule has 2 unspecified atom stereocenters. The van der Waals surface area contributed by atoms with Gasteiger partial charge in [0, 0.05) is 13.1 Å². The van der Waals surface area contributed by atoms with E-state index in [-0.39, 0.29) is 17.4 Å². The van der Waals surface area contributed by atoms with E-state index in [9.17, 15) is 17.9 Å². The molecule has 0 radical (unpaired) electrons. The van der Waals surface area contributed by atoms with Crippen molar-refractivity contribution < 1.29 is 17.9 Å². The SMILES string of the molecule is Cc1ccc(F)c(S(=O)(=O)N2CCC(C)C(O)C2)c1. The third kappa shape index (κ3) is 2.80. The number of rotatable bonds is 2. The highest BCUT2D eigenvalue weighted by Crippen LogP contribution is 2.25. The van der Waals surface area contributed by atoms with Gasteiger partial charge in [0.2, 0.25) is 10.0 Å². The molecule has 4 nitrogen and oxygen atoms in total. The average molecular weight is 287 g/mol. The highest BCUT2D eigenvalue weighted by molar-refractivity contribution is 7.89. The number of hydrogen-bond donors (Lipinski definition) is 1. The highest BCUT2D eigenvalue weighted by Gasteiger charge is 2.34. The van der Waals surface area contributed by atoms with E-state index in [1.165, 1.54) is 12.1 Å². The number of aryl methyl sites for hydroxylation is 1. The van der Waals surface area contributed by atoms with Crippen molar-refractivity contribution in [1.29, 1.82) is 0 Å². The van der Waals surface area contributed by atoms with Gasteiger partial charge in [-0.15, -0.1) is 0 Å². The van der Waals surface area contributed by atoms with Crippen LogP contribution in [0.3, 0.4) is 0 Å². The lowest BCUT2D eigenvalue weighted by atomic mass is 9.98. The minimum absolute atomic E-state index is 0.0247. The Hall–Kier alpha value is -0.980. The van der Waals surface area contributed by atoms with Crippen LogP contribution in [0.2, 0.25) is 0 Å². The number of hydrogen-bond acceptors (Lipinski definition) is 3. The Bertz CT molecular complexity index is 573. The minimum atomic E-state index is -3.87. The van der Waals surface area contributed by atoms with Gasteiger partial charge in [-0.05, 0) is 37.0 Å². The molecular formula is C13H18FNO3S. The van der Waals surface area contributed by atoms with Gasteiger partial charge in [0.15, 0.2) is 0 Å². The largest absolute Gasteiger partial charge is 0.391 e. The lowest BCUT2D eigenvalue weighted by Gasteiger charge is -2.33. The summed E-state index contributed by atoms with van der Waals surface area (Å²) in [6.07, 6.45) is -0.121. The molecule has 1 saturated heterocycles. The molecule has 0 spiro atoms. The molecule has 0 bridgehead atoms. The van der Waals surface area contributed by atoms with Crippen LogP contribution in [-0.2, 0) is 10.0 Å². The molecular weight excluding hydrogens is 269 g/mol. The molecule has 2 atom stereocenters. The summed E-state index contributed by atoms with van der Waals surface area (Å²) in [5, 5.41) is 9.78. The van der Waals surface area contributed by atoms with Crippen molar-refractivity contribution in [2.75, 3.05) is 13.1 Å². The van der Waals surface area contributed by atoms with Crippen molar-refractivity contribution >= 4 is 10.0 Å². The number of aliphatic hydroxyl groups excluding tert-OH is 1. The van der Waals surface area contributed by atoms with Gasteiger partial charge >= 0.3 is 0 Å². The number of halogens is 1. The number of piperidine rings is 1. The quantitative estimate of drug-likeness (QED) is 0.897. The molecule has 1 aliphatic rings. The van der Waals surface area contributed by atoms with Crippen molar-refractivity contribution in [3.8, 4) is 0 Å². The maximum absolute atomic E-state index is 13.7. The topological polar surface area (TPSA) is 57.6 Å². The van der Waals surface area contributed by atoms with Crippen molar-refractivity contribution in [2.45, 2.75) is 31.3 Å². The summed E-state index contributed by atoms with van der Waals surface area (Å²) in [6.45, 7) is 3.93. The Labute approximate surface area is 112 Å². The van der Waals surface area contributed by atoms with Gasteiger partial charge < -0.3 is 5.11 Å². The van der Waals surface area contributed by atoms with E-state index in [0.29, 0.717) is 18.5 Å². The minimum Gasteiger partial charge on any atom is -0.391 e. The van der Waals surface area contributed by atoms with Gasteiger partial charge in [-0.2, -0.15) is 4.31 Å². The van der Waals surface area contributed by atoms with Gasteiger partial charge in [-0.1, -0.05) is 13.0 Å². The van der Waals surface area contributed by atoms with Crippen LogP contribution in [0, 0.1) is 18.7 Å². The van der Waals surface area contributed by atoms with Crippen LogP contribution in [0.25, 0.3) is 0 Å². The lowest BCUT2D eigenvalue weighted by Crippen LogP contribution is -2.45. The normalized spacial score (nSPS) is 25.5. The molecule has 0 aromatic heterocycles.